The van der Waals surface area contributed by atoms with Gasteiger partial charge in [-0.25, -0.2) is 0 Å². The van der Waals surface area contributed by atoms with Crippen molar-refractivity contribution in [2.45, 2.75) is 252 Å². The third-order valence-corrected chi connectivity index (χ3v) is 13.3. The van der Waals surface area contributed by atoms with Crippen molar-refractivity contribution in [3.8, 4) is 0 Å². The lowest BCUT2D eigenvalue weighted by Gasteiger charge is -2.12. The molecule has 0 fully saturated rings. The Morgan fingerprint density at radius 2 is 0.326 bits per heavy atom. The van der Waals surface area contributed by atoms with Crippen molar-refractivity contribution in [1.29, 1.82) is 0 Å². The Hall–Kier alpha value is 0.430. The van der Waals surface area contributed by atoms with Crippen LogP contribution >= 0.6 is 7.92 Å². The van der Waals surface area contributed by atoms with E-state index in [1.54, 1.807) is 37.7 Å². The van der Waals surface area contributed by atoms with Gasteiger partial charge in [0.05, 0.1) is 18.5 Å². The van der Waals surface area contributed by atoms with Crippen LogP contribution in [0.4, 0.5) is 0 Å². The molecular weight excluding hydrogens is 535 g/mol. The Morgan fingerprint density at radius 1 is 0.186 bits per heavy atom. The Kier molecular flexibility index (Phi) is 40.9. The molecule has 0 aliphatic rings. The van der Waals surface area contributed by atoms with Crippen LogP contribution in [0, 0.1) is 0 Å². The SMILES string of the molecule is CCCCCCCCCCCCCC[PH+](CCCCCCCCCCCCCC)CCCCCCCCCCCCCC. The van der Waals surface area contributed by atoms with Crippen molar-refractivity contribution >= 4 is 7.92 Å². The maximum Gasteiger partial charge on any atom is 0.0571 e. The standard InChI is InChI=1S/C42H87P/c1-4-7-10-13-16-19-22-25-28-31-34-37-40-43(41-38-35-32-29-26-23-20-17-14-11-8-5-2)42-39-36-33-30-27-24-21-18-15-12-9-6-3/h4-42H2,1-3H3/p+1. The highest BCUT2D eigenvalue weighted by molar-refractivity contribution is 7.57. The number of rotatable bonds is 39. The highest BCUT2D eigenvalue weighted by atomic mass is 31.1. The fourth-order valence-corrected chi connectivity index (χ4v) is 10.0. The summed E-state index contributed by atoms with van der Waals surface area (Å²) in [4.78, 5) is 0. The van der Waals surface area contributed by atoms with E-state index in [-0.39, 0.29) is 7.92 Å². The minimum absolute atomic E-state index is 0.0804. The van der Waals surface area contributed by atoms with Gasteiger partial charge < -0.3 is 0 Å². The van der Waals surface area contributed by atoms with Crippen LogP contribution in [-0.4, -0.2) is 18.5 Å². The Morgan fingerprint density at radius 3 is 0.488 bits per heavy atom. The van der Waals surface area contributed by atoms with Gasteiger partial charge in [0.25, 0.3) is 0 Å². The summed E-state index contributed by atoms with van der Waals surface area (Å²) in [6.45, 7) is 6.97. The second-order valence-corrected chi connectivity index (χ2v) is 17.7. The van der Waals surface area contributed by atoms with E-state index >= 15 is 0 Å². The molecule has 0 heterocycles. The van der Waals surface area contributed by atoms with Crippen LogP contribution < -0.4 is 0 Å². The fourth-order valence-electron chi connectivity index (χ4n) is 7.02. The Labute approximate surface area is 277 Å². The fraction of sp³-hybridized carbons (Fsp3) is 1.00. The van der Waals surface area contributed by atoms with Gasteiger partial charge in [0.2, 0.25) is 0 Å². The molecule has 43 heavy (non-hydrogen) atoms. The topological polar surface area (TPSA) is 0 Å². The molecule has 0 amide bonds. The lowest BCUT2D eigenvalue weighted by Crippen LogP contribution is -1.97. The van der Waals surface area contributed by atoms with Crippen molar-refractivity contribution in [2.24, 2.45) is 0 Å². The molecule has 0 bridgehead atoms. The molecule has 0 aliphatic heterocycles. The molecule has 0 saturated carbocycles. The summed E-state index contributed by atoms with van der Waals surface area (Å²) in [7, 11) is -0.0804. The molecule has 0 aromatic rings. The van der Waals surface area contributed by atoms with E-state index in [0.29, 0.717) is 0 Å². The van der Waals surface area contributed by atoms with Crippen molar-refractivity contribution < 1.29 is 0 Å². The number of hydrogen-bond acceptors (Lipinski definition) is 0. The molecule has 0 aliphatic carbocycles. The second kappa shape index (κ2) is 40.5. The summed E-state index contributed by atoms with van der Waals surface area (Å²) in [5.74, 6) is 0. The maximum atomic E-state index is 2.32. The normalized spacial score (nSPS) is 11.7. The average molecular weight is 624 g/mol. The predicted molar refractivity (Wildman–Crippen MR) is 206 cm³/mol. The zero-order chi connectivity index (χ0) is 31.2. The zero-order valence-corrected chi connectivity index (χ0v) is 32.1. The largest absolute Gasteiger partial charge is 0.0654 e. The van der Waals surface area contributed by atoms with E-state index in [0.717, 1.165) is 0 Å². The minimum atomic E-state index is -0.0804. The van der Waals surface area contributed by atoms with E-state index < -0.39 is 0 Å². The molecule has 0 spiro atoms. The summed E-state index contributed by atoms with van der Waals surface area (Å²) < 4.78 is 0. The van der Waals surface area contributed by atoms with E-state index in [1.807, 2.05) is 0 Å². The molecule has 0 nitrogen and oxygen atoms in total. The first-order valence-electron chi connectivity index (χ1n) is 21.2. The first-order valence-corrected chi connectivity index (χ1v) is 23.3. The molecule has 0 unspecified atom stereocenters. The van der Waals surface area contributed by atoms with Crippen LogP contribution in [-0.2, 0) is 0 Å². The van der Waals surface area contributed by atoms with Gasteiger partial charge in [-0.15, -0.1) is 0 Å². The summed E-state index contributed by atoms with van der Waals surface area (Å²) in [5.41, 5.74) is 0. The van der Waals surface area contributed by atoms with Crippen molar-refractivity contribution in [2.75, 3.05) is 18.5 Å². The van der Waals surface area contributed by atoms with Crippen LogP contribution in [0.2, 0.25) is 0 Å². The van der Waals surface area contributed by atoms with Crippen molar-refractivity contribution in [3.05, 3.63) is 0 Å². The van der Waals surface area contributed by atoms with Gasteiger partial charge in [-0.3, -0.25) is 0 Å². The van der Waals surface area contributed by atoms with E-state index in [2.05, 4.69) is 20.8 Å². The Bertz CT molecular complexity index is 393. The molecule has 0 aromatic heterocycles. The van der Waals surface area contributed by atoms with Gasteiger partial charge in [-0.1, -0.05) is 213 Å². The smallest absolute Gasteiger partial charge is 0.0571 e. The molecule has 0 rings (SSSR count). The summed E-state index contributed by atoms with van der Waals surface area (Å²) >= 11 is 0. The zero-order valence-electron chi connectivity index (χ0n) is 31.1. The summed E-state index contributed by atoms with van der Waals surface area (Å²) in [6.07, 6.45) is 58.5. The molecule has 0 saturated heterocycles. The maximum absolute atomic E-state index is 2.32. The third kappa shape index (κ3) is 38.5. The van der Waals surface area contributed by atoms with Gasteiger partial charge >= 0.3 is 0 Å². The Balaban J connectivity index is 3.90. The summed E-state index contributed by atoms with van der Waals surface area (Å²) in [5, 5.41) is 0. The molecule has 0 atom stereocenters. The monoisotopic (exact) mass is 624 g/mol. The van der Waals surface area contributed by atoms with Crippen molar-refractivity contribution in [1.82, 2.24) is 0 Å². The highest BCUT2D eigenvalue weighted by Crippen LogP contribution is 2.39. The number of hydrogen-bond donors (Lipinski definition) is 0. The number of unbranched alkanes of at least 4 members (excludes halogenated alkanes) is 33. The van der Waals surface area contributed by atoms with E-state index in [1.165, 1.54) is 212 Å². The lowest BCUT2D eigenvalue weighted by atomic mass is 10.1. The third-order valence-electron chi connectivity index (χ3n) is 10.2. The van der Waals surface area contributed by atoms with Gasteiger partial charge in [0.1, 0.15) is 0 Å². The van der Waals surface area contributed by atoms with E-state index in [4.69, 9.17) is 0 Å². The highest BCUT2D eigenvalue weighted by Gasteiger charge is 2.14. The second-order valence-electron chi connectivity index (χ2n) is 14.7. The first-order chi connectivity index (χ1) is 21.3. The molecular formula is C42H88P+. The van der Waals surface area contributed by atoms with Crippen LogP contribution in [0.3, 0.4) is 0 Å². The average Bonchev–Trinajstić information content (AvgIpc) is 3.02. The van der Waals surface area contributed by atoms with E-state index in [9.17, 15) is 0 Å². The summed E-state index contributed by atoms with van der Waals surface area (Å²) in [6, 6.07) is 0. The van der Waals surface area contributed by atoms with Crippen LogP contribution in [0.1, 0.15) is 252 Å². The molecule has 0 aromatic carbocycles. The molecule has 0 N–H and O–H groups in total. The van der Waals surface area contributed by atoms with Crippen molar-refractivity contribution in [3.63, 3.8) is 0 Å². The molecule has 260 valence electrons. The first kappa shape index (κ1) is 43.4. The van der Waals surface area contributed by atoms with Gasteiger partial charge in [-0.2, -0.15) is 0 Å². The van der Waals surface area contributed by atoms with Gasteiger partial charge in [0.15, 0.2) is 0 Å². The van der Waals surface area contributed by atoms with Gasteiger partial charge in [0, 0.05) is 7.92 Å². The quantitative estimate of drug-likeness (QED) is 0.0472. The predicted octanol–water partition coefficient (Wildman–Crippen LogP) is 16.3. The lowest BCUT2D eigenvalue weighted by molar-refractivity contribution is 0.546. The van der Waals surface area contributed by atoms with Crippen LogP contribution in [0.25, 0.3) is 0 Å². The van der Waals surface area contributed by atoms with Crippen LogP contribution in [0.15, 0.2) is 0 Å². The molecule has 1 heteroatoms. The van der Waals surface area contributed by atoms with Crippen LogP contribution in [0.5, 0.6) is 0 Å². The van der Waals surface area contributed by atoms with Gasteiger partial charge in [-0.05, 0) is 38.5 Å². The minimum Gasteiger partial charge on any atom is -0.0654 e. The molecule has 0 radical (unpaired) electrons.